The van der Waals surface area contributed by atoms with Gasteiger partial charge < -0.3 is 5.11 Å². The first-order valence-electron chi connectivity index (χ1n) is 5.31. The van der Waals surface area contributed by atoms with Crippen molar-refractivity contribution in [2.45, 2.75) is 13.8 Å². The molecule has 0 aliphatic carbocycles. The summed E-state index contributed by atoms with van der Waals surface area (Å²) >= 11 is 5.97. The average Bonchev–Trinajstić information content (AvgIpc) is 2.63. The zero-order valence-corrected chi connectivity index (χ0v) is 11.0. The second-order valence-corrected chi connectivity index (χ2v) is 4.40. The predicted molar refractivity (Wildman–Crippen MR) is 67.9 cm³/mol. The van der Waals surface area contributed by atoms with Crippen LogP contribution in [0.15, 0.2) is 12.3 Å². The summed E-state index contributed by atoms with van der Waals surface area (Å²) in [4.78, 5) is 14.8. The van der Waals surface area contributed by atoms with Crippen LogP contribution in [0.2, 0.25) is 5.15 Å². The van der Waals surface area contributed by atoms with Gasteiger partial charge in [-0.2, -0.15) is 5.10 Å². The maximum absolute atomic E-state index is 11.0. The quantitative estimate of drug-likeness (QED) is 0.847. The van der Waals surface area contributed by atoms with E-state index < -0.39 is 5.97 Å². The molecule has 0 aliphatic heterocycles. The predicted octanol–water partition coefficient (Wildman–Crippen LogP) is 2.45. The van der Waals surface area contributed by atoms with Crippen molar-refractivity contribution in [3.05, 3.63) is 34.4 Å². The number of carbonyl (C=O) groups is 1. The number of aromatic nitrogens is 3. The Labute approximate surface area is 109 Å². The van der Waals surface area contributed by atoms with Gasteiger partial charge in [0.2, 0.25) is 0 Å². The Balaban J connectivity index is 2.70. The van der Waals surface area contributed by atoms with Gasteiger partial charge in [-0.15, -0.1) is 0 Å². The van der Waals surface area contributed by atoms with Gasteiger partial charge in [-0.3, -0.25) is 4.68 Å². The molecular weight excluding hydrogens is 254 g/mol. The summed E-state index contributed by atoms with van der Waals surface area (Å²) in [6, 6.07) is 1.52. The van der Waals surface area contributed by atoms with Crippen LogP contribution in [0.1, 0.15) is 21.7 Å². The summed E-state index contributed by atoms with van der Waals surface area (Å²) in [5, 5.41) is 13.3. The van der Waals surface area contributed by atoms with Gasteiger partial charge in [0, 0.05) is 18.3 Å². The molecule has 0 radical (unpaired) electrons. The maximum atomic E-state index is 11.0. The fourth-order valence-corrected chi connectivity index (χ4v) is 1.92. The van der Waals surface area contributed by atoms with Gasteiger partial charge in [0.25, 0.3) is 0 Å². The highest BCUT2D eigenvalue weighted by molar-refractivity contribution is 6.30. The monoisotopic (exact) mass is 265 g/mol. The molecule has 94 valence electrons. The summed E-state index contributed by atoms with van der Waals surface area (Å²) in [5.41, 5.74) is 3.23. The Morgan fingerprint density at radius 2 is 2.06 bits per heavy atom. The van der Waals surface area contributed by atoms with Crippen LogP contribution in [0.3, 0.4) is 0 Å². The highest BCUT2D eigenvalue weighted by Gasteiger charge is 2.16. The molecule has 2 heterocycles. The van der Waals surface area contributed by atoms with E-state index in [1.165, 1.54) is 6.07 Å². The normalized spacial score (nSPS) is 10.7. The zero-order valence-electron chi connectivity index (χ0n) is 10.2. The molecule has 1 N–H and O–H groups in total. The van der Waals surface area contributed by atoms with E-state index in [1.807, 2.05) is 20.9 Å². The first-order chi connectivity index (χ1) is 8.41. The van der Waals surface area contributed by atoms with E-state index in [0.29, 0.717) is 0 Å². The van der Waals surface area contributed by atoms with Crippen molar-refractivity contribution < 1.29 is 9.90 Å². The molecule has 0 unspecified atom stereocenters. The number of pyridine rings is 1. The Hall–Kier alpha value is -1.88. The number of aromatic carboxylic acids is 1. The first-order valence-corrected chi connectivity index (χ1v) is 5.69. The van der Waals surface area contributed by atoms with Crippen LogP contribution in [0.25, 0.3) is 11.1 Å². The lowest BCUT2D eigenvalue weighted by Crippen LogP contribution is -2.03. The van der Waals surface area contributed by atoms with Gasteiger partial charge in [0.1, 0.15) is 5.15 Å². The number of hydrogen-bond acceptors (Lipinski definition) is 3. The number of aryl methyl sites for hydroxylation is 1. The van der Waals surface area contributed by atoms with Crippen molar-refractivity contribution in [2.75, 3.05) is 0 Å². The highest BCUT2D eigenvalue weighted by atomic mass is 35.5. The number of hydrogen-bond donors (Lipinski definition) is 1. The Bertz CT molecular complexity index is 634. The molecule has 0 fully saturated rings. The lowest BCUT2D eigenvalue weighted by atomic mass is 10.0. The summed E-state index contributed by atoms with van der Waals surface area (Å²) in [6.07, 6.45) is 1.69. The van der Waals surface area contributed by atoms with E-state index in [1.54, 1.807) is 10.9 Å². The second-order valence-electron chi connectivity index (χ2n) is 4.04. The van der Waals surface area contributed by atoms with E-state index in [-0.39, 0.29) is 10.8 Å². The zero-order chi connectivity index (χ0) is 13.4. The van der Waals surface area contributed by atoms with Crippen LogP contribution in [-0.4, -0.2) is 25.8 Å². The van der Waals surface area contributed by atoms with Crippen LogP contribution in [0.5, 0.6) is 0 Å². The molecule has 2 rings (SSSR count). The Morgan fingerprint density at radius 1 is 1.39 bits per heavy atom. The van der Waals surface area contributed by atoms with E-state index in [9.17, 15) is 4.79 Å². The molecule has 0 amide bonds. The molecule has 5 nitrogen and oxygen atoms in total. The van der Waals surface area contributed by atoms with Crippen molar-refractivity contribution in [3.8, 4) is 11.1 Å². The van der Waals surface area contributed by atoms with Crippen molar-refractivity contribution in [1.29, 1.82) is 0 Å². The SMILES string of the molecule is Cc1c(-c2cnn(C)c2C)cc(C(=O)O)nc1Cl. The molecule has 0 saturated heterocycles. The van der Waals surface area contributed by atoms with Crippen LogP contribution in [0, 0.1) is 13.8 Å². The Kier molecular flexibility index (Phi) is 3.09. The van der Waals surface area contributed by atoms with Gasteiger partial charge in [-0.25, -0.2) is 9.78 Å². The minimum atomic E-state index is -1.10. The van der Waals surface area contributed by atoms with E-state index >= 15 is 0 Å². The highest BCUT2D eigenvalue weighted by Crippen LogP contribution is 2.30. The summed E-state index contributed by atoms with van der Waals surface area (Å²) in [5.74, 6) is -1.10. The smallest absolute Gasteiger partial charge is 0.354 e. The average molecular weight is 266 g/mol. The molecule has 0 aliphatic rings. The van der Waals surface area contributed by atoms with Crippen LogP contribution in [-0.2, 0) is 7.05 Å². The van der Waals surface area contributed by atoms with Crippen molar-refractivity contribution in [3.63, 3.8) is 0 Å². The number of nitrogens with zero attached hydrogens (tertiary/aromatic N) is 3. The van der Waals surface area contributed by atoms with Gasteiger partial charge in [0.05, 0.1) is 6.20 Å². The van der Waals surface area contributed by atoms with Crippen molar-refractivity contribution in [2.24, 2.45) is 7.05 Å². The molecule has 2 aromatic heterocycles. The third-order valence-corrected chi connectivity index (χ3v) is 3.33. The van der Waals surface area contributed by atoms with Crippen molar-refractivity contribution >= 4 is 17.6 Å². The topological polar surface area (TPSA) is 68.0 Å². The number of carboxylic acid groups (broad SMARTS) is 1. The standard InChI is InChI=1S/C12H12ClN3O2/c1-6-8(9-5-14-16(3)7(9)2)4-10(12(17)18)15-11(6)13/h4-5H,1-3H3,(H,17,18). The maximum Gasteiger partial charge on any atom is 0.354 e. The fraction of sp³-hybridized carbons (Fsp3) is 0.250. The number of carboxylic acids is 1. The Morgan fingerprint density at radius 3 is 2.56 bits per heavy atom. The molecule has 0 atom stereocenters. The summed E-state index contributed by atoms with van der Waals surface area (Å²) < 4.78 is 1.73. The first kappa shape index (κ1) is 12.6. The van der Waals surface area contributed by atoms with E-state index in [0.717, 1.165) is 22.4 Å². The van der Waals surface area contributed by atoms with Crippen LogP contribution in [0.4, 0.5) is 0 Å². The third-order valence-electron chi connectivity index (χ3n) is 2.96. The largest absolute Gasteiger partial charge is 0.477 e. The van der Waals surface area contributed by atoms with Crippen molar-refractivity contribution in [1.82, 2.24) is 14.8 Å². The van der Waals surface area contributed by atoms with E-state index in [4.69, 9.17) is 16.7 Å². The van der Waals surface area contributed by atoms with Crippen LogP contribution < -0.4 is 0 Å². The van der Waals surface area contributed by atoms with Gasteiger partial charge in [-0.05, 0) is 31.0 Å². The molecule has 0 spiro atoms. The molecule has 0 bridgehead atoms. The van der Waals surface area contributed by atoms with E-state index in [2.05, 4.69) is 10.1 Å². The number of rotatable bonds is 2. The lowest BCUT2D eigenvalue weighted by molar-refractivity contribution is 0.0690. The van der Waals surface area contributed by atoms with Gasteiger partial charge in [-0.1, -0.05) is 11.6 Å². The number of halogens is 1. The fourth-order valence-electron chi connectivity index (χ4n) is 1.73. The molecule has 0 aromatic carbocycles. The van der Waals surface area contributed by atoms with Gasteiger partial charge >= 0.3 is 5.97 Å². The second kappa shape index (κ2) is 4.42. The molecule has 0 saturated carbocycles. The molecule has 6 heteroatoms. The van der Waals surface area contributed by atoms with Gasteiger partial charge in [0.15, 0.2) is 5.69 Å². The van der Waals surface area contributed by atoms with Crippen LogP contribution >= 0.6 is 11.6 Å². The molecule has 18 heavy (non-hydrogen) atoms. The summed E-state index contributed by atoms with van der Waals surface area (Å²) in [7, 11) is 1.83. The summed E-state index contributed by atoms with van der Waals surface area (Å²) in [6.45, 7) is 3.72. The minimum Gasteiger partial charge on any atom is -0.477 e. The third kappa shape index (κ3) is 1.97. The molecular formula is C12H12ClN3O2. The lowest BCUT2D eigenvalue weighted by Gasteiger charge is -2.08. The molecule has 2 aromatic rings. The minimum absolute atomic E-state index is 0.0659.